The number of nitro groups is 1. The first-order valence-corrected chi connectivity index (χ1v) is 7.40. The Morgan fingerprint density at radius 3 is 2.33 bits per heavy atom. The van der Waals surface area contributed by atoms with Gasteiger partial charge in [-0.05, 0) is 32.0 Å². The number of benzene rings is 2. The van der Waals surface area contributed by atoms with Gasteiger partial charge in [-0.3, -0.25) is 14.9 Å². The van der Waals surface area contributed by atoms with E-state index in [9.17, 15) is 14.9 Å². The standard InChI is InChI=1S/C18H15N3O3/c1-12-17(13(2)22)18(15-10-6-7-11-16(15)21(23)24)20(19-12)14-8-4-3-5-9-14/h3-11H,1-2H3. The van der Waals surface area contributed by atoms with Crippen molar-refractivity contribution in [2.45, 2.75) is 13.8 Å². The Hall–Kier alpha value is -3.28. The molecule has 1 heterocycles. The highest BCUT2D eigenvalue weighted by Gasteiger charge is 2.26. The zero-order valence-electron chi connectivity index (χ0n) is 13.3. The Kier molecular flexibility index (Phi) is 3.95. The molecule has 0 aliphatic heterocycles. The molecule has 0 fully saturated rings. The Bertz CT molecular complexity index is 930. The lowest BCUT2D eigenvalue weighted by atomic mass is 10.0. The molecule has 6 nitrogen and oxygen atoms in total. The van der Waals surface area contributed by atoms with Crippen molar-refractivity contribution >= 4 is 11.5 Å². The van der Waals surface area contributed by atoms with Gasteiger partial charge < -0.3 is 0 Å². The third-order valence-electron chi connectivity index (χ3n) is 3.77. The number of ketones is 1. The van der Waals surface area contributed by atoms with Crippen LogP contribution in [0.5, 0.6) is 0 Å². The largest absolute Gasteiger partial charge is 0.294 e. The summed E-state index contributed by atoms with van der Waals surface area (Å²) in [6.07, 6.45) is 0. The number of carbonyl (C=O) groups is 1. The average molecular weight is 321 g/mol. The quantitative estimate of drug-likeness (QED) is 0.414. The van der Waals surface area contributed by atoms with E-state index in [1.165, 1.54) is 13.0 Å². The van der Waals surface area contributed by atoms with Gasteiger partial charge in [0.05, 0.1) is 33.1 Å². The van der Waals surface area contributed by atoms with Crippen LogP contribution in [0.2, 0.25) is 0 Å². The fourth-order valence-corrected chi connectivity index (χ4v) is 2.79. The van der Waals surface area contributed by atoms with Crippen molar-refractivity contribution in [2.75, 3.05) is 0 Å². The molecule has 6 heteroatoms. The van der Waals surface area contributed by atoms with Crippen LogP contribution in [0, 0.1) is 17.0 Å². The second kappa shape index (κ2) is 6.08. The van der Waals surface area contributed by atoms with Crippen LogP contribution in [0.3, 0.4) is 0 Å². The van der Waals surface area contributed by atoms with E-state index in [0.717, 1.165) is 5.69 Å². The molecular formula is C18H15N3O3. The minimum absolute atomic E-state index is 0.0583. The number of aromatic nitrogens is 2. The van der Waals surface area contributed by atoms with Gasteiger partial charge in [0, 0.05) is 6.07 Å². The Labute approximate surface area is 138 Å². The summed E-state index contributed by atoms with van der Waals surface area (Å²) >= 11 is 0. The second-order valence-electron chi connectivity index (χ2n) is 5.39. The maximum atomic E-state index is 12.2. The molecule has 0 atom stereocenters. The van der Waals surface area contributed by atoms with Crippen LogP contribution >= 0.6 is 0 Å². The molecule has 0 amide bonds. The lowest BCUT2D eigenvalue weighted by Crippen LogP contribution is -2.03. The summed E-state index contributed by atoms with van der Waals surface area (Å²) in [7, 11) is 0. The SMILES string of the molecule is CC(=O)c1c(C)nn(-c2ccccc2)c1-c1ccccc1[N+](=O)[O-]. The van der Waals surface area contributed by atoms with E-state index in [-0.39, 0.29) is 11.5 Å². The third-order valence-corrected chi connectivity index (χ3v) is 3.77. The first kappa shape index (κ1) is 15.6. The zero-order chi connectivity index (χ0) is 17.3. The van der Waals surface area contributed by atoms with Crippen LogP contribution in [0.1, 0.15) is 23.0 Å². The summed E-state index contributed by atoms with van der Waals surface area (Å²) in [5.74, 6) is -0.178. The van der Waals surface area contributed by atoms with Gasteiger partial charge in [0.2, 0.25) is 0 Å². The fraction of sp³-hybridized carbons (Fsp3) is 0.111. The molecule has 0 saturated carbocycles. The van der Waals surface area contributed by atoms with E-state index < -0.39 is 4.92 Å². The highest BCUT2D eigenvalue weighted by molar-refractivity contribution is 6.02. The number of carbonyl (C=O) groups excluding carboxylic acids is 1. The Morgan fingerprint density at radius 2 is 1.71 bits per heavy atom. The maximum Gasteiger partial charge on any atom is 0.278 e. The molecule has 0 bridgehead atoms. The van der Waals surface area contributed by atoms with Crippen molar-refractivity contribution in [3.8, 4) is 16.9 Å². The van der Waals surface area contributed by atoms with E-state index in [0.29, 0.717) is 22.5 Å². The number of aryl methyl sites for hydroxylation is 1. The Balaban J connectivity index is 2.39. The molecule has 1 aromatic heterocycles. The van der Waals surface area contributed by atoms with Crippen LogP contribution in [-0.4, -0.2) is 20.5 Å². The molecule has 3 rings (SSSR count). The van der Waals surface area contributed by atoms with E-state index in [2.05, 4.69) is 5.10 Å². The first-order chi connectivity index (χ1) is 11.5. The van der Waals surface area contributed by atoms with Crippen LogP contribution in [-0.2, 0) is 0 Å². The van der Waals surface area contributed by atoms with Gasteiger partial charge in [-0.1, -0.05) is 30.3 Å². The molecule has 0 unspecified atom stereocenters. The predicted molar refractivity (Wildman–Crippen MR) is 90.4 cm³/mol. The summed E-state index contributed by atoms with van der Waals surface area (Å²) in [6, 6.07) is 15.6. The Morgan fingerprint density at radius 1 is 1.08 bits per heavy atom. The van der Waals surface area contributed by atoms with Crippen LogP contribution in [0.25, 0.3) is 16.9 Å². The number of hydrogen-bond acceptors (Lipinski definition) is 4. The molecule has 0 N–H and O–H groups in total. The van der Waals surface area contributed by atoms with E-state index in [1.807, 2.05) is 30.3 Å². The minimum atomic E-state index is -0.448. The second-order valence-corrected chi connectivity index (χ2v) is 5.39. The van der Waals surface area contributed by atoms with Gasteiger partial charge >= 0.3 is 0 Å². The zero-order valence-corrected chi connectivity index (χ0v) is 13.3. The van der Waals surface area contributed by atoms with Crippen molar-refractivity contribution in [3.05, 3.63) is 76.0 Å². The number of nitro benzene ring substituents is 1. The molecule has 24 heavy (non-hydrogen) atoms. The summed E-state index contributed by atoms with van der Waals surface area (Å²) in [5, 5.41) is 15.9. The van der Waals surface area contributed by atoms with Crippen LogP contribution < -0.4 is 0 Å². The first-order valence-electron chi connectivity index (χ1n) is 7.40. The summed E-state index contributed by atoms with van der Waals surface area (Å²) < 4.78 is 1.59. The maximum absolute atomic E-state index is 12.2. The summed E-state index contributed by atoms with van der Waals surface area (Å²) in [5.41, 5.74) is 2.43. The third kappa shape index (κ3) is 2.58. The lowest BCUT2D eigenvalue weighted by molar-refractivity contribution is -0.384. The topological polar surface area (TPSA) is 78.0 Å². The number of hydrogen-bond donors (Lipinski definition) is 0. The summed E-state index contributed by atoms with van der Waals surface area (Å²) in [4.78, 5) is 23.1. The molecule has 0 saturated heterocycles. The number of rotatable bonds is 4. The van der Waals surface area contributed by atoms with Crippen molar-refractivity contribution in [1.82, 2.24) is 9.78 Å². The van der Waals surface area contributed by atoms with Crippen molar-refractivity contribution in [3.63, 3.8) is 0 Å². The van der Waals surface area contributed by atoms with E-state index >= 15 is 0 Å². The van der Waals surface area contributed by atoms with Gasteiger partial charge in [0.25, 0.3) is 5.69 Å². The molecule has 0 spiro atoms. The highest BCUT2D eigenvalue weighted by Crippen LogP contribution is 2.35. The van der Waals surface area contributed by atoms with Gasteiger partial charge in [-0.15, -0.1) is 0 Å². The number of para-hydroxylation sites is 2. The monoisotopic (exact) mass is 321 g/mol. The van der Waals surface area contributed by atoms with Crippen molar-refractivity contribution in [2.24, 2.45) is 0 Å². The van der Waals surface area contributed by atoms with Crippen LogP contribution in [0.15, 0.2) is 54.6 Å². The minimum Gasteiger partial charge on any atom is -0.294 e. The van der Waals surface area contributed by atoms with E-state index in [1.54, 1.807) is 29.8 Å². The van der Waals surface area contributed by atoms with Crippen molar-refractivity contribution in [1.29, 1.82) is 0 Å². The molecule has 0 aliphatic carbocycles. The lowest BCUT2D eigenvalue weighted by Gasteiger charge is -2.09. The highest BCUT2D eigenvalue weighted by atomic mass is 16.6. The van der Waals surface area contributed by atoms with Gasteiger partial charge in [-0.25, -0.2) is 4.68 Å². The number of Topliss-reactive ketones (excluding diaryl/α,β-unsaturated/α-hetero) is 1. The van der Waals surface area contributed by atoms with Gasteiger partial charge in [0.15, 0.2) is 5.78 Å². The molecule has 0 radical (unpaired) electrons. The predicted octanol–water partition coefficient (Wildman–Crippen LogP) is 3.96. The van der Waals surface area contributed by atoms with E-state index in [4.69, 9.17) is 0 Å². The smallest absolute Gasteiger partial charge is 0.278 e. The number of nitrogens with zero attached hydrogens (tertiary/aromatic N) is 3. The molecular weight excluding hydrogens is 306 g/mol. The molecule has 2 aromatic carbocycles. The van der Waals surface area contributed by atoms with Gasteiger partial charge in [0.1, 0.15) is 0 Å². The van der Waals surface area contributed by atoms with Crippen LogP contribution in [0.4, 0.5) is 5.69 Å². The molecule has 0 aliphatic rings. The fourth-order valence-electron chi connectivity index (χ4n) is 2.79. The molecule has 120 valence electrons. The van der Waals surface area contributed by atoms with Crippen molar-refractivity contribution < 1.29 is 9.72 Å². The molecule has 3 aromatic rings. The summed E-state index contributed by atoms with van der Waals surface area (Å²) in [6.45, 7) is 3.17. The average Bonchev–Trinajstić information content (AvgIpc) is 2.93. The van der Waals surface area contributed by atoms with Gasteiger partial charge in [-0.2, -0.15) is 5.10 Å². The normalized spacial score (nSPS) is 10.6.